The monoisotopic (exact) mass is 271 g/mol. The van der Waals surface area contributed by atoms with Crippen LogP contribution in [0.3, 0.4) is 0 Å². The van der Waals surface area contributed by atoms with Crippen molar-refractivity contribution < 1.29 is 15.0 Å². The molecule has 0 aromatic heterocycles. The van der Waals surface area contributed by atoms with Gasteiger partial charge in [0.2, 0.25) is 0 Å². The fourth-order valence-electron chi connectivity index (χ4n) is 2.18. The van der Waals surface area contributed by atoms with E-state index < -0.39 is 5.91 Å². The molecule has 1 amide bonds. The average Bonchev–Trinajstić information content (AvgIpc) is 2.38. The summed E-state index contributed by atoms with van der Waals surface area (Å²) in [5.74, 6) is -0.977. The van der Waals surface area contributed by atoms with Crippen molar-refractivity contribution in [2.45, 2.75) is 19.9 Å². The summed E-state index contributed by atoms with van der Waals surface area (Å²) < 4.78 is 0. The minimum absolute atomic E-state index is 0.104. The highest BCUT2D eigenvalue weighted by molar-refractivity contribution is 5.99. The van der Waals surface area contributed by atoms with E-state index in [2.05, 4.69) is 5.32 Å². The molecule has 2 aromatic rings. The van der Waals surface area contributed by atoms with Crippen molar-refractivity contribution in [3.63, 3.8) is 0 Å². The third-order valence-electron chi connectivity index (χ3n) is 3.25. The quantitative estimate of drug-likeness (QED) is 0.804. The number of phenols is 2. The third kappa shape index (κ3) is 2.74. The van der Waals surface area contributed by atoms with Crippen LogP contribution >= 0.6 is 0 Å². The summed E-state index contributed by atoms with van der Waals surface area (Å²) in [6.45, 7) is 3.83. The molecule has 0 aliphatic rings. The Kier molecular flexibility index (Phi) is 3.94. The largest absolute Gasteiger partial charge is 0.507 e. The fraction of sp³-hybridized carbons (Fsp3) is 0.188. The van der Waals surface area contributed by atoms with Gasteiger partial charge in [0.1, 0.15) is 17.1 Å². The first-order valence-corrected chi connectivity index (χ1v) is 6.38. The maximum absolute atomic E-state index is 12.2. The molecule has 2 rings (SSSR count). The number of hydrogen-bond donors (Lipinski definition) is 3. The van der Waals surface area contributed by atoms with Crippen molar-refractivity contribution in [3.05, 3.63) is 59.2 Å². The van der Waals surface area contributed by atoms with Gasteiger partial charge in [0, 0.05) is 0 Å². The molecule has 1 atom stereocenters. The molecule has 0 fully saturated rings. The first-order valence-electron chi connectivity index (χ1n) is 6.38. The SMILES string of the molecule is Cc1ccccc1C(C)NC(=O)c1c(O)cccc1O. The Labute approximate surface area is 117 Å². The highest BCUT2D eigenvalue weighted by Crippen LogP contribution is 2.27. The van der Waals surface area contributed by atoms with E-state index in [0.29, 0.717) is 0 Å². The molecule has 0 spiro atoms. The second kappa shape index (κ2) is 5.65. The van der Waals surface area contributed by atoms with E-state index in [1.54, 1.807) is 0 Å². The fourth-order valence-corrected chi connectivity index (χ4v) is 2.18. The lowest BCUT2D eigenvalue weighted by molar-refractivity contribution is 0.0934. The highest BCUT2D eigenvalue weighted by atomic mass is 16.3. The molecule has 0 heterocycles. The molecule has 0 saturated carbocycles. The normalized spacial score (nSPS) is 11.9. The van der Waals surface area contributed by atoms with Crippen LogP contribution < -0.4 is 5.32 Å². The van der Waals surface area contributed by atoms with Gasteiger partial charge in [-0.05, 0) is 37.1 Å². The summed E-state index contributed by atoms with van der Waals surface area (Å²) in [6, 6.07) is 11.7. The first kappa shape index (κ1) is 13.9. The molecule has 0 aliphatic carbocycles. The topological polar surface area (TPSA) is 69.6 Å². The maximum atomic E-state index is 12.2. The van der Waals surface area contributed by atoms with Crippen molar-refractivity contribution in [1.29, 1.82) is 0 Å². The van der Waals surface area contributed by atoms with E-state index in [-0.39, 0.29) is 23.1 Å². The van der Waals surface area contributed by atoms with Crippen LogP contribution in [0.25, 0.3) is 0 Å². The van der Waals surface area contributed by atoms with Crippen LogP contribution in [-0.4, -0.2) is 16.1 Å². The molecule has 0 aliphatic heterocycles. The Hall–Kier alpha value is -2.49. The average molecular weight is 271 g/mol. The van der Waals surface area contributed by atoms with E-state index in [0.717, 1.165) is 11.1 Å². The van der Waals surface area contributed by atoms with Gasteiger partial charge in [-0.25, -0.2) is 0 Å². The lowest BCUT2D eigenvalue weighted by atomic mass is 10.0. The van der Waals surface area contributed by atoms with Crippen LogP contribution in [0.15, 0.2) is 42.5 Å². The van der Waals surface area contributed by atoms with Gasteiger partial charge in [0.25, 0.3) is 5.91 Å². The number of aryl methyl sites for hydroxylation is 1. The molecular weight excluding hydrogens is 254 g/mol. The van der Waals surface area contributed by atoms with Crippen LogP contribution in [0, 0.1) is 6.92 Å². The van der Waals surface area contributed by atoms with E-state index in [4.69, 9.17) is 0 Å². The van der Waals surface area contributed by atoms with Crippen molar-refractivity contribution in [1.82, 2.24) is 5.32 Å². The van der Waals surface area contributed by atoms with Gasteiger partial charge in [-0.1, -0.05) is 30.3 Å². The smallest absolute Gasteiger partial charge is 0.259 e. The molecule has 4 nitrogen and oxygen atoms in total. The minimum Gasteiger partial charge on any atom is -0.507 e. The zero-order valence-electron chi connectivity index (χ0n) is 11.4. The summed E-state index contributed by atoms with van der Waals surface area (Å²) in [4.78, 5) is 12.2. The zero-order valence-corrected chi connectivity index (χ0v) is 11.4. The lowest BCUT2D eigenvalue weighted by Crippen LogP contribution is -2.27. The molecule has 104 valence electrons. The van der Waals surface area contributed by atoms with Gasteiger partial charge < -0.3 is 15.5 Å². The predicted octanol–water partition coefficient (Wildman–Crippen LogP) is 2.90. The molecule has 20 heavy (non-hydrogen) atoms. The van der Waals surface area contributed by atoms with Crippen LogP contribution in [0.2, 0.25) is 0 Å². The van der Waals surface area contributed by atoms with Gasteiger partial charge in [-0.3, -0.25) is 4.79 Å². The maximum Gasteiger partial charge on any atom is 0.259 e. The number of aromatic hydroxyl groups is 2. The number of rotatable bonds is 3. The second-order valence-corrected chi connectivity index (χ2v) is 4.72. The number of nitrogens with one attached hydrogen (secondary N) is 1. The zero-order chi connectivity index (χ0) is 14.7. The molecule has 0 radical (unpaired) electrons. The van der Waals surface area contributed by atoms with Crippen LogP contribution in [0.5, 0.6) is 11.5 Å². The Bertz CT molecular complexity index is 617. The van der Waals surface area contributed by atoms with Crippen LogP contribution in [0.1, 0.15) is 34.5 Å². The van der Waals surface area contributed by atoms with Crippen molar-refractivity contribution in [3.8, 4) is 11.5 Å². The molecule has 4 heteroatoms. The molecule has 0 saturated heterocycles. The number of carbonyl (C=O) groups excluding carboxylic acids is 1. The van der Waals surface area contributed by atoms with E-state index in [1.807, 2.05) is 38.1 Å². The van der Waals surface area contributed by atoms with Gasteiger partial charge in [0.05, 0.1) is 6.04 Å². The van der Waals surface area contributed by atoms with Crippen molar-refractivity contribution in [2.24, 2.45) is 0 Å². The lowest BCUT2D eigenvalue weighted by Gasteiger charge is -2.17. The van der Waals surface area contributed by atoms with Gasteiger partial charge in [-0.2, -0.15) is 0 Å². The van der Waals surface area contributed by atoms with Gasteiger partial charge in [-0.15, -0.1) is 0 Å². The number of hydrogen-bond acceptors (Lipinski definition) is 3. The summed E-state index contributed by atoms with van der Waals surface area (Å²) in [5, 5.41) is 22.1. The summed E-state index contributed by atoms with van der Waals surface area (Å²) in [5.41, 5.74) is 1.96. The van der Waals surface area contributed by atoms with Crippen LogP contribution in [0.4, 0.5) is 0 Å². The number of amides is 1. The molecule has 2 aromatic carbocycles. The third-order valence-corrected chi connectivity index (χ3v) is 3.25. The Morgan fingerprint density at radius 2 is 1.65 bits per heavy atom. The Morgan fingerprint density at radius 3 is 2.25 bits per heavy atom. The number of phenolic OH excluding ortho intramolecular Hbond substituents is 2. The van der Waals surface area contributed by atoms with E-state index in [9.17, 15) is 15.0 Å². The van der Waals surface area contributed by atoms with E-state index >= 15 is 0 Å². The molecular formula is C16H17NO3. The standard InChI is InChI=1S/C16H17NO3/c1-10-6-3-4-7-12(10)11(2)17-16(20)15-13(18)8-5-9-14(15)19/h3-9,11,18-19H,1-2H3,(H,17,20). The molecule has 0 bridgehead atoms. The summed E-state index contributed by atoms with van der Waals surface area (Å²) in [7, 11) is 0. The second-order valence-electron chi connectivity index (χ2n) is 4.72. The highest BCUT2D eigenvalue weighted by Gasteiger charge is 2.18. The molecule has 1 unspecified atom stereocenters. The minimum atomic E-state index is -0.503. The summed E-state index contributed by atoms with van der Waals surface area (Å²) in [6.07, 6.45) is 0. The number of carbonyl (C=O) groups is 1. The van der Waals surface area contributed by atoms with Crippen LogP contribution in [-0.2, 0) is 0 Å². The summed E-state index contributed by atoms with van der Waals surface area (Å²) >= 11 is 0. The van der Waals surface area contributed by atoms with Crippen molar-refractivity contribution in [2.75, 3.05) is 0 Å². The molecule has 3 N–H and O–H groups in total. The van der Waals surface area contributed by atoms with Crippen molar-refractivity contribution >= 4 is 5.91 Å². The Balaban J connectivity index is 2.22. The first-order chi connectivity index (χ1) is 9.50. The number of benzene rings is 2. The van der Waals surface area contributed by atoms with E-state index in [1.165, 1.54) is 18.2 Å². The predicted molar refractivity (Wildman–Crippen MR) is 76.8 cm³/mol. The Morgan fingerprint density at radius 1 is 1.05 bits per heavy atom. The van der Waals surface area contributed by atoms with Gasteiger partial charge >= 0.3 is 0 Å². The van der Waals surface area contributed by atoms with Gasteiger partial charge in [0.15, 0.2) is 0 Å².